The molecule has 2 aromatic carbocycles. The van der Waals surface area contributed by atoms with Gasteiger partial charge < -0.3 is 10.1 Å². The molecular weight excluding hydrogens is 380 g/mol. The predicted octanol–water partition coefficient (Wildman–Crippen LogP) is 4.87. The number of ether oxygens (including phenoxy) is 1. The lowest BCUT2D eigenvalue weighted by Gasteiger charge is -2.50. The summed E-state index contributed by atoms with van der Waals surface area (Å²) in [5, 5.41) is 3.70. The summed E-state index contributed by atoms with van der Waals surface area (Å²) in [5.74, 6) is 0.758. The van der Waals surface area contributed by atoms with Crippen LogP contribution < -0.4 is 15.0 Å². The van der Waals surface area contributed by atoms with Crippen molar-refractivity contribution in [2.75, 3.05) is 4.90 Å². The minimum absolute atomic E-state index is 0.0987. The summed E-state index contributed by atoms with van der Waals surface area (Å²) in [6, 6.07) is 12.9. The highest BCUT2D eigenvalue weighted by Gasteiger charge is 2.49. The monoisotopic (exact) mass is 392 g/mol. The molecule has 0 saturated carbocycles. The standard InChI is InChI=1S/C17H14BrClN2O2/c1-17-9-14(13-8-11(19)5-6-15(13)23-17)20-16(22)21(17)12-4-2-3-10(18)7-12/h2-8,14H,9H2,1H3,(H,20,22). The Labute approximate surface area is 147 Å². The topological polar surface area (TPSA) is 41.6 Å². The van der Waals surface area contributed by atoms with Crippen molar-refractivity contribution >= 4 is 39.2 Å². The highest BCUT2D eigenvalue weighted by molar-refractivity contribution is 9.10. The molecule has 0 aromatic heterocycles. The Kier molecular flexibility index (Phi) is 3.32. The van der Waals surface area contributed by atoms with E-state index < -0.39 is 5.72 Å². The Bertz CT molecular complexity index is 813. The van der Waals surface area contributed by atoms with Crippen molar-refractivity contribution in [3.05, 3.63) is 57.5 Å². The Morgan fingerprint density at radius 3 is 2.96 bits per heavy atom. The van der Waals surface area contributed by atoms with E-state index in [1.54, 1.807) is 11.0 Å². The van der Waals surface area contributed by atoms with Gasteiger partial charge in [-0.05, 0) is 43.3 Å². The smallest absolute Gasteiger partial charge is 0.325 e. The number of urea groups is 1. The van der Waals surface area contributed by atoms with Crippen molar-refractivity contribution in [2.24, 2.45) is 0 Å². The molecule has 2 aliphatic rings. The number of benzene rings is 2. The third-order valence-electron chi connectivity index (χ3n) is 4.30. The van der Waals surface area contributed by atoms with E-state index in [1.165, 1.54) is 0 Å². The van der Waals surface area contributed by atoms with Crippen LogP contribution in [0, 0.1) is 0 Å². The number of hydrogen-bond acceptors (Lipinski definition) is 2. The summed E-state index contributed by atoms with van der Waals surface area (Å²) in [7, 11) is 0. The van der Waals surface area contributed by atoms with Gasteiger partial charge in [-0.3, -0.25) is 4.90 Å². The lowest BCUT2D eigenvalue weighted by Crippen LogP contribution is -2.65. The number of nitrogens with zero attached hydrogens (tertiary/aromatic N) is 1. The number of amides is 2. The molecule has 4 rings (SSSR count). The summed E-state index contributed by atoms with van der Waals surface area (Å²) in [6.07, 6.45) is 0.651. The molecule has 0 spiro atoms. The highest BCUT2D eigenvalue weighted by atomic mass is 79.9. The molecule has 2 aromatic rings. The molecule has 2 bridgehead atoms. The van der Waals surface area contributed by atoms with Crippen molar-refractivity contribution in [3.8, 4) is 5.75 Å². The van der Waals surface area contributed by atoms with Crippen molar-refractivity contribution in [1.82, 2.24) is 5.32 Å². The van der Waals surface area contributed by atoms with Gasteiger partial charge in [-0.1, -0.05) is 33.6 Å². The van der Waals surface area contributed by atoms with Crippen molar-refractivity contribution in [2.45, 2.75) is 25.1 Å². The molecule has 0 aliphatic carbocycles. The van der Waals surface area contributed by atoms with Crippen molar-refractivity contribution in [3.63, 3.8) is 0 Å². The maximum absolute atomic E-state index is 12.7. The summed E-state index contributed by atoms with van der Waals surface area (Å²) < 4.78 is 7.13. The molecule has 1 fully saturated rings. The van der Waals surface area contributed by atoms with Gasteiger partial charge in [0.15, 0.2) is 5.72 Å². The first-order valence-electron chi connectivity index (χ1n) is 7.31. The maximum Gasteiger partial charge on any atom is 0.325 e. The molecule has 2 amide bonds. The zero-order valence-electron chi connectivity index (χ0n) is 12.3. The van der Waals surface area contributed by atoms with Gasteiger partial charge >= 0.3 is 6.03 Å². The van der Waals surface area contributed by atoms with Crippen LogP contribution in [-0.4, -0.2) is 11.8 Å². The van der Waals surface area contributed by atoms with Crippen LogP contribution in [0.15, 0.2) is 46.9 Å². The molecule has 2 unspecified atom stereocenters. The van der Waals surface area contributed by atoms with E-state index in [4.69, 9.17) is 16.3 Å². The average molecular weight is 394 g/mol. The fourth-order valence-electron chi connectivity index (χ4n) is 3.35. The van der Waals surface area contributed by atoms with Crippen LogP contribution in [0.4, 0.5) is 10.5 Å². The number of rotatable bonds is 1. The largest absolute Gasteiger partial charge is 0.467 e. The summed E-state index contributed by atoms with van der Waals surface area (Å²) in [6.45, 7) is 1.94. The third kappa shape index (κ3) is 2.39. The Morgan fingerprint density at radius 1 is 1.35 bits per heavy atom. The number of carbonyl (C=O) groups excluding carboxylic acids is 1. The number of anilines is 1. The average Bonchev–Trinajstić information content (AvgIpc) is 2.47. The van der Waals surface area contributed by atoms with Crippen LogP contribution in [0.3, 0.4) is 0 Å². The number of halogens is 2. The molecule has 1 N–H and O–H groups in total. The first-order valence-corrected chi connectivity index (χ1v) is 8.48. The van der Waals surface area contributed by atoms with E-state index in [1.807, 2.05) is 43.3 Å². The number of hydrogen-bond donors (Lipinski definition) is 1. The van der Waals surface area contributed by atoms with Crippen LogP contribution in [0.5, 0.6) is 5.75 Å². The van der Waals surface area contributed by atoms with Gasteiger partial charge in [0.05, 0.1) is 11.7 Å². The van der Waals surface area contributed by atoms with E-state index in [2.05, 4.69) is 21.2 Å². The molecule has 23 heavy (non-hydrogen) atoms. The summed E-state index contributed by atoms with van der Waals surface area (Å²) in [4.78, 5) is 14.4. The van der Waals surface area contributed by atoms with Gasteiger partial charge in [-0.2, -0.15) is 0 Å². The van der Waals surface area contributed by atoms with E-state index >= 15 is 0 Å². The Hall–Kier alpha value is -1.72. The summed E-state index contributed by atoms with van der Waals surface area (Å²) >= 11 is 9.54. The fraction of sp³-hybridized carbons (Fsp3) is 0.235. The minimum atomic E-state index is -0.741. The zero-order chi connectivity index (χ0) is 16.2. The van der Waals surface area contributed by atoms with Crippen LogP contribution >= 0.6 is 27.5 Å². The molecular formula is C17H14BrClN2O2. The van der Waals surface area contributed by atoms with Crippen LogP contribution in [0.25, 0.3) is 0 Å². The van der Waals surface area contributed by atoms with Gasteiger partial charge in [-0.15, -0.1) is 0 Å². The predicted molar refractivity (Wildman–Crippen MR) is 93.0 cm³/mol. The quantitative estimate of drug-likeness (QED) is 0.751. The third-order valence-corrected chi connectivity index (χ3v) is 5.03. The van der Waals surface area contributed by atoms with Crippen LogP contribution in [-0.2, 0) is 0 Å². The van der Waals surface area contributed by atoms with E-state index in [-0.39, 0.29) is 12.1 Å². The minimum Gasteiger partial charge on any atom is -0.467 e. The van der Waals surface area contributed by atoms with E-state index in [0.717, 1.165) is 21.5 Å². The molecule has 2 heterocycles. The van der Waals surface area contributed by atoms with E-state index in [0.29, 0.717) is 11.4 Å². The lowest BCUT2D eigenvalue weighted by molar-refractivity contribution is 0.0379. The number of fused-ring (bicyclic) bond motifs is 4. The SMILES string of the molecule is CC12CC(NC(=O)N1c1cccc(Br)c1)c1cc(Cl)ccc1O2. The van der Waals surface area contributed by atoms with Crippen molar-refractivity contribution < 1.29 is 9.53 Å². The van der Waals surface area contributed by atoms with Gasteiger partial charge in [0.25, 0.3) is 0 Å². The molecule has 2 atom stereocenters. The molecule has 6 heteroatoms. The number of nitrogens with one attached hydrogen (secondary N) is 1. The van der Waals surface area contributed by atoms with Gasteiger partial charge in [0, 0.05) is 21.5 Å². The zero-order valence-corrected chi connectivity index (χ0v) is 14.7. The normalized spacial score (nSPS) is 25.4. The summed E-state index contributed by atoms with van der Waals surface area (Å²) in [5.41, 5.74) is 0.974. The second kappa shape index (κ2) is 5.14. The molecule has 118 valence electrons. The van der Waals surface area contributed by atoms with Crippen molar-refractivity contribution in [1.29, 1.82) is 0 Å². The maximum atomic E-state index is 12.7. The van der Waals surface area contributed by atoms with Gasteiger partial charge in [-0.25, -0.2) is 4.79 Å². The highest BCUT2D eigenvalue weighted by Crippen LogP contribution is 2.46. The lowest BCUT2D eigenvalue weighted by atomic mass is 9.90. The second-order valence-corrected chi connectivity index (χ2v) is 7.33. The van der Waals surface area contributed by atoms with Gasteiger partial charge in [0.1, 0.15) is 5.75 Å². The molecule has 4 nitrogen and oxygen atoms in total. The van der Waals surface area contributed by atoms with Gasteiger partial charge in [0.2, 0.25) is 0 Å². The Balaban J connectivity index is 1.81. The van der Waals surface area contributed by atoms with E-state index in [9.17, 15) is 4.79 Å². The first kappa shape index (κ1) is 14.8. The number of carbonyl (C=O) groups is 1. The fourth-order valence-corrected chi connectivity index (χ4v) is 3.92. The van der Waals surface area contributed by atoms with Crippen LogP contribution in [0.1, 0.15) is 24.9 Å². The molecule has 2 aliphatic heterocycles. The second-order valence-electron chi connectivity index (χ2n) is 5.98. The molecule has 0 radical (unpaired) electrons. The van der Waals surface area contributed by atoms with Crippen LogP contribution in [0.2, 0.25) is 5.02 Å². The Morgan fingerprint density at radius 2 is 2.17 bits per heavy atom. The molecule has 1 saturated heterocycles. The first-order chi connectivity index (χ1) is 11.0.